The molecule has 3 rings (SSSR count). The normalized spacial score (nSPS) is 19.9. The second-order valence-corrected chi connectivity index (χ2v) is 18.8. The Morgan fingerprint density at radius 2 is 1.46 bits per heavy atom. The first kappa shape index (κ1) is 58.6. The van der Waals surface area contributed by atoms with Crippen molar-refractivity contribution in [3.05, 3.63) is 76.9 Å². The van der Waals surface area contributed by atoms with Gasteiger partial charge < -0.3 is 69.6 Å². The van der Waals surface area contributed by atoms with Gasteiger partial charge in [0.2, 0.25) is 18.1 Å². The summed E-state index contributed by atoms with van der Waals surface area (Å²) in [6.07, 6.45) is -9.28. The van der Waals surface area contributed by atoms with Crippen molar-refractivity contribution in [1.29, 1.82) is 0 Å². The minimum Gasteiger partial charge on any atom is -0.479 e. The number of rotatable bonds is 25. The van der Waals surface area contributed by atoms with E-state index in [9.17, 15) is 54.3 Å². The standard InChI is InChI=1S/C48H71N5O17/c1-27(2)32(24-28(3)43(60)61)52(9)42(59)38(47(4,5)6)51-41(58)39(48(7,8)30-14-12-11-13-15-30)53(10)46(64)67-26-29-16-17-33(69-45-36(56)34(54)35(55)37(70-45)44(62)63)31(25-29)40(57)50-18-19-65-20-21-66-22-23-68-49/h11-17,24-25,27,32,34-39,45,54-56H,18-23,26,49H2,1-10H3,(H,50,57)(H,51,58)(H,60,61)(H,62,63)/b28-24+/t32-,34+,35+,36-,37+,38-,39-,45-/m1/s1. The molecule has 0 unspecified atom stereocenters. The quantitative estimate of drug-likeness (QED) is 0.0398. The minimum atomic E-state index is -2.00. The Morgan fingerprint density at radius 3 is 2.03 bits per heavy atom. The molecule has 1 fully saturated rings. The molecule has 70 heavy (non-hydrogen) atoms. The van der Waals surface area contributed by atoms with Crippen LogP contribution in [0.25, 0.3) is 0 Å². The van der Waals surface area contributed by atoms with Gasteiger partial charge in [-0.2, -0.15) is 0 Å². The van der Waals surface area contributed by atoms with Crippen molar-refractivity contribution in [2.75, 3.05) is 53.7 Å². The molecule has 1 saturated heterocycles. The molecular weight excluding hydrogens is 919 g/mol. The molecule has 1 heterocycles. The Labute approximate surface area is 407 Å². The Bertz CT molecular complexity index is 2110. The topological polar surface area (TPSA) is 316 Å². The highest BCUT2D eigenvalue weighted by atomic mass is 16.7. The third-order valence-electron chi connectivity index (χ3n) is 11.7. The number of carbonyl (C=O) groups is 6. The van der Waals surface area contributed by atoms with Crippen LogP contribution < -0.4 is 21.3 Å². The maximum Gasteiger partial charge on any atom is 0.410 e. The van der Waals surface area contributed by atoms with Crippen molar-refractivity contribution in [2.45, 2.75) is 116 Å². The highest BCUT2D eigenvalue weighted by Gasteiger charge is 2.49. The van der Waals surface area contributed by atoms with Gasteiger partial charge in [0.15, 0.2) is 6.10 Å². The van der Waals surface area contributed by atoms with Crippen molar-refractivity contribution in [1.82, 2.24) is 20.4 Å². The van der Waals surface area contributed by atoms with Crippen LogP contribution in [0.3, 0.4) is 0 Å². The van der Waals surface area contributed by atoms with E-state index in [2.05, 4.69) is 15.5 Å². The number of hydrogen-bond donors (Lipinski definition) is 8. The van der Waals surface area contributed by atoms with E-state index in [1.165, 1.54) is 43.1 Å². The zero-order chi connectivity index (χ0) is 52.7. The minimum absolute atomic E-state index is 0.0128. The highest BCUT2D eigenvalue weighted by molar-refractivity contribution is 5.97. The number of carbonyl (C=O) groups excluding carboxylic acids is 4. The van der Waals surface area contributed by atoms with Crippen LogP contribution in [0.1, 0.15) is 76.9 Å². The first-order valence-electron chi connectivity index (χ1n) is 22.7. The maximum atomic E-state index is 14.8. The summed E-state index contributed by atoms with van der Waals surface area (Å²) in [5.74, 6) is -0.195. The summed E-state index contributed by atoms with van der Waals surface area (Å²) in [5, 5.41) is 56.0. The molecule has 1 aliphatic rings. The zero-order valence-corrected chi connectivity index (χ0v) is 41.4. The van der Waals surface area contributed by atoms with E-state index >= 15 is 0 Å². The molecule has 22 heteroatoms. The lowest BCUT2D eigenvalue weighted by Gasteiger charge is -2.42. The zero-order valence-electron chi connectivity index (χ0n) is 41.4. The number of ether oxygens (including phenoxy) is 5. The van der Waals surface area contributed by atoms with Gasteiger partial charge in [0.25, 0.3) is 5.91 Å². The van der Waals surface area contributed by atoms with E-state index in [0.717, 1.165) is 4.90 Å². The Kier molecular flexibility index (Phi) is 22.2. The largest absolute Gasteiger partial charge is 0.479 e. The molecule has 0 saturated carbocycles. The number of benzene rings is 2. The van der Waals surface area contributed by atoms with Crippen LogP contribution in [-0.2, 0) is 55.0 Å². The summed E-state index contributed by atoms with van der Waals surface area (Å²) in [6, 6.07) is 9.81. The second kappa shape index (κ2) is 26.5. The number of amides is 4. The number of nitrogens with one attached hydrogen (secondary N) is 2. The Morgan fingerprint density at radius 1 is 0.843 bits per heavy atom. The molecule has 4 amide bonds. The summed E-state index contributed by atoms with van der Waals surface area (Å²) in [5.41, 5.74) is -1.25. The number of aliphatic hydroxyl groups excluding tert-OH is 3. The van der Waals surface area contributed by atoms with Crippen LogP contribution in [0, 0.1) is 11.3 Å². The molecule has 0 radical (unpaired) electrons. The number of aliphatic hydroxyl groups is 3. The van der Waals surface area contributed by atoms with E-state index in [1.807, 2.05) is 13.8 Å². The lowest BCUT2D eigenvalue weighted by molar-refractivity contribution is -0.271. The summed E-state index contributed by atoms with van der Waals surface area (Å²) in [6.45, 7) is 14.4. The van der Waals surface area contributed by atoms with Gasteiger partial charge in [0.1, 0.15) is 42.8 Å². The van der Waals surface area contributed by atoms with Gasteiger partial charge in [-0.1, -0.05) is 90.9 Å². The van der Waals surface area contributed by atoms with E-state index < -0.39 is 102 Å². The van der Waals surface area contributed by atoms with E-state index in [1.54, 1.807) is 72.0 Å². The van der Waals surface area contributed by atoms with Gasteiger partial charge in [0.05, 0.1) is 44.6 Å². The SMILES string of the molecule is C/C(=C\[C@H](C(C)C)N(C)C(=O)[C@@H](NC(=O)[C@@H](N(C)C(=O)OCc1ccc(O[C@@H]2O[C@H](C(=O)O)[C@@H](O)[C@H](O)[C@H]2O)c(C(=O)NCCOCCOCCON)c1)C(C)(C)c1ccccc1)C(C)(C)C)C(=O)O. The predicted molar refractivity (Wildman–Crippen MR) is 251 cm³/mol. The molecule has 0 aromatic heterocycles. The molecule has 0 aliphatic carbocycles. The molecule has 0 bridgehead atoms. The molecule has 8 atom stereocenters. The summed E-state index contributed by atoms with van der Waals surface area (Å²) >= 11 is 0. The fourth-order valence-corrected chi connectivity index (χ4v) is 7.65. The van der Waals surface area contributed by atoms with Crippen molar-refractivity contribution in [3.63, 3.8) is 0 Å². The fourth-order valence-electron chi connectivity index (χ4n) is 7.65. The second-order valence-electron chi connectivity index (χ2n) is 18.8. The molecule has 0 spiro atoms. The Hall–Kier alpha value is -5.72. The van der Waals surface area contributed by atoms with E-state index in [4.69, 9.17) is 29.6 Å². The third-order valence-corrected chi connectivity index (χ3v) is 11.7. The lowest BCUT2D eigenvalue weighted by atomic mass is 9.76. The number of aliphatic carboxylic acids is 2. The number of hydrogen-bond acceptors (Lipinski definition) is 16. The number of likely N-dealkylation sites (N-methyl/N-ethyl adjacent to an activating group) is 2. The number of nitrogens with zero attached hydrogens (tertiary/aromatic N) is 2. The fraction of sp³-hybridized carbons (Fsp3) is 0.583. The van der Waals surface area contributed by atoms with Crippen LogP contribution in [0.5, 0.6) is 5.75 Å². The average molecular weight is 990 g/mol. The van der Waals surface area contributed by atoms with Gasteiger partial charge in [-0.3, -0.25) is 19.3 Å². The van der Waals surface area contributed by atoms with Crippen LogP contribution in [0.2, 0.25) is 0 Å². The molecule has 9 N–H and O–H groups in total. The van der Waals surface area contributed by atoms with Crippen LogP contribution in [-0.4, -0.2) is 174 Å². The van der Waals surface area contributed by atoms with Crippen molar-refractivity contribution in [3.8, 4) is 5.75 Å². The van der Waals surface area contributed by atoms with Crippen LogP contribution in [0.15, 0.2) is 60.2 Å². The molecule has 22 nitrogen and oxygen atoms in total. The van der Waals surface area contributed by atoms with Crippen LogP contribution in [0.4, 0.5) is 4.79 Å². The molecule has 1 aliphatic heterocycles. The van der Waals surface area contributed by atoms with Gasteiger partial charge in [-0.15, -0.1) is 0 Å². The van der Waals surface area contributed by atoms with Gasteiger partial charge in [-0.05, 0) is 41.5 Å². The third kappa shape index (κ3) is 15.9. The van der Waals surface area contributed by atoms with Crippen LogP contribution >= 0.6 is 0 Å². The lowest BCUT2D eigenvalue weighted by Crippen LogP contribution is -2.63. The smallest absolute Gasteiger partial charge is 0.410 e. The first-order valence-corrected chi connectivity index (χ1v) is 22.7. The predicted octanol–water partition coefficient (Wildman–Crippen LogP) is 1.57. The average Bonchev–Trinajstić information content (AvgIpc) is 3.30. The number of carboxylic acids is 2. The van der Waals surface area contributed by atoms with Crippen molar-refractivity contribution >= 4 is 35.8 Å². The Balaban J connectivity index is 1.96. The molecular formula is C48H71N5O17. The number of nitrogens with two attached hydrogens (primary N) is 1. The number of carboxylic acid groups (broad SMARTS) is 2. The summed E-state index contributed by atoms with van der Waals surface area (Å²) in [7, 11) is 2.91. The molecule has 2 aromatic rings. The van der Waals surface area contributed by atoms with Crippen molar-refractivity contribution < 1.29 is 82.8 Å². The van der Waals surface area contributed by atoms with Gasteiger partial charge >= 0.3 is 18.0 Å². The highest BCUT2D eigenvalue weighted by Crippen LogP contribution is 2.33. The summed E-state index contributed by atoms with van der Waals surface area (Å²) in [4.78, 5) is 87.4. The van der Waals surface area contributed by atoms with Crippen molar-refractivity contribution in [2.24, 2.45) is 17.2 Å². The molecule has 2 aromatic carbocycles. The van der Waals surface area contributed by atoms with E-state index in [0.29, 0.717) is 5.56 Å². The summed E-state index contributed by atoms with van der Waals surface area (Å²) < 4.78 is 27.6. The first-order chi connectivity index (χ1) is 32.8. The maximum absolute atomic E-state index is 14.8. The van der Waals surface area contributed by atoms with Gasteiger partial charge in [-0.25, -0.2) is 20.3 Å². The molecule has 390 valence electrons. The van der Waals surface area contributed by atoms with E-state index in [-0.39, 0.29) is 67.9 Å². The monoisotopic (exact) mass is 989 g/mol. The van der Waals surface area contributed by atoms with Gasteiger partial charge in [0, 0.05) is 31.6 Å².